The number of aryl methyl sites for hydroxylation is 2. The molecule has 0 aliphatic heterocycles. The average molecular weight is 402 g/mol. The molecule has 8 heteroatoms. The van der Waals surface area contributed by atoms with Gasteiger partial charge in [-0.05, 0) is 55.9 Å². The third kappa shape index (κ3) is 5.39. The van der Waals surface area contributed by atoms with Gasteiger partial charge in [0.1, 0.15) is 0 Å². The first-order valence-electron chi connectivity index (χ1n) is 9.24. The molecule has 0 unspecified atom stereocenters. The number of anilines is 1. The summed E-state index contributed by atoms with van der Waals surface area (Å²) in [6.07, 6.45) is 4.36. The summed E-state index contributed by atoms with van der Waals surface area (Å²) in [4.78, 5) is 39.8. The van der Waals surface area contributed by atoms with Gasteiger partial charge in [-0.15, -0.1) is 11.3 Å². The summed E-state index contributed by atoms with van der Waals surface area (Å²) in [5, 5.41) is 4.58. The van der Waals surface area contributed by atoms with E-state index in [-0.39, 0.29) is 12.4 Å². The second-order valence-electron chi connectivity index (χ2n) is 6.44. The Balaban J connectivity index is 1.48. The molecular weight excluding hydrogens is 380 g/mol. The maximum atomic E-state index is 12.2. The maximum Gasteiger partial charge on any atom is 0.338 e. The maximum absolute atomic E-state index is 12.2. The van der Waals surface area contributed by atoms with Gasteiger partial charge in [0, 0.05) is 5.38 Å². The predicted octanol–water partition coefficient (Wildman–Crippen LogP) is 2.92. The van der Waals surface area contributed by atoms with Crippen LogP contribution in [0.5, 0.6) is 0 Å². The summed E-state index contributed by atoms with van der Waals surface area (Å²) in [5.41, 5.74) is 3.44. The van der Waals surface area contributed by atoms with Crippen molar-refractivity contribution >= 4 is 34.3 Å². The van der Waals surface area contributed by atoms with E-state index in [2.05, 4.69) is 10.3 Å². The minimum Gasteiger partial charge on any atom is -0.466 e. The van der Waals surface area contributed by atoms with Gasteiger partial charge in [-0.1, -0.05) is 6.07 Å². The van der Waals surface area contributed by atoms with Crippen molar-refractivity contribution < 1.29 is 23.9 Å². The van der Waals surface area contributed by atoms with E-state index < -0.39 is 18.5 Å². The van der Waals surface area contributed by atoms with E-state index in [4.69, 9.17) is 9.47 Å². The number of hydrogen-bond acceptors (Lipinski definition) is 7. The van der Waals surface area contributed by atoms with E-state index in [1.165, 1.54) is 28.9 Å². The van der Waals surface area contributed by atoms with Crippen molar-refractivity contribution in [1.29, 1.82) is 0 Å². The van der Waals surface area contributed by atoms with Gasteiger partial charge in [0.2, 0.25) is 0 Å². The van der Waals surface area contributed by atoms with Crippen LogP contribution in [0.3, 0.4) is 0 Å². The summed E-state index contributed by atoms with van der Waals surface area (Å²) in [6, 6.07) is 5.57. The quantitative estimate of drug-likeness (QED) is 0.716. The zero-order chi connectivity index (χ0) is 19.9. The lowest BCUT2D eigenvalue weighted by molar-refractivity contribution is -0.142. The van der Waals surface area contributed by atoms with Crippen LogP contribution in [0.4, 0.5) is 5.13 Å². The van der Waals surface area contributed by atoms with Crippen molar-refractivity contribution in [3.05, 3.63) is 46.0 Å². The van der Waals surface area contributed by atoms with Crippen molar-refractivity contribution in [1.82, 2.24) is 4.98 Å². The highest BCUT2D eigenvalue weighted by Crippen LogP contribution is 2.22. The number of aromatic nitrogens is 1. The summed E-state index contributed by atoms with van der Waals surface area (Å²) >= 11 is 1.19. The molecule has 2 aromatic rings. The Hall–Kier alpha value is -2.74. The van der Waals surface area contributed by atoms with E-state index >= 15 is 0 Å². The number of thiazole rings is 1. The van der Waals surface area contributed by atoms with E-state index in [1.54, 1.807) is 18.4 Å². The van der Waals surface area contributed by atoms with Crippen LogP contribution in [0.25, 0.3) is 0 Å². The first-order valence-corrected chi connectivity index (χ1v) is 10.1. The molecule has 0 saturated heterocycles. The van der Waals surface area contributed by atoms with Gasteiger partial charge in [0.15, 0.2) is 11.7 Å². The molecule has 3 rings (SSSR count). The number of ether oxygens (including phenoxy) is 2. The minimum atomic E-state index is -0.523. The first kappa shape index (κ1) is 20.0. The van der Waals surface area contributed by atoms with Crippen molar-refractivity contribution in [3.8, 4) is 0 Å². The third-order valence-electron chi connectivity index (χ3n) is 4.35. The lowest BCUT2D eigenvalue weighted by Crippen LogP contribution is -2.21. The average Bonchev–Trinajstić information content (AvgIpc) is 3.12. The Morgan fingerprint density at radius 2 is 1.93 bits per heavy atom. The zero-order valence-electron chi connectivity index (χ0n) is 15.7. The molecule has 7 nitrogen and oxygen atoms in total. The molecule has 28 heavy (non-hydrogen) atoms. The van der Waals surface area contributed by atoms with Crippen molar-refractivity contribution in [2.75, 3.05) is 18.5 Å². The number of nitrogens with one attached hydrogen (secondary N) is 1. The molecule has 0 saturated carbocycles. The van der Waals surface area contributed by atoms with Crippen molar-refractivity contribution in [2.24, 2.45) is 0 Å². The number of benzene rings is 1. The van der Waals surface area contributed by atoms with E-state index in [0.717, 1.165) is 19.3 Å². The molecule has 0 radical (unpaired) electrons. The predicted molar refractivity (Wildman–Crippen MR) is 104 cm³/mol. The van der Waals surface area contributed by atoms with Crippen LogP contribution in [0.15, 0.2) is 23.6 Å². The fourth-order valence-electron chi connectivity index (χ4n) is 3.04. The molecule has 0 atom stereocenters. The Morgan fingerprint density at radius 3 is 2.71 bits per heavy atom. The van der Waals surface area contributed by atoms with E-state index in [9.17, 15) is 14.4 Å². The summed E-state index contributed by atoms with van der Waals surface area (Å²) in [6.45, 7) is 1.64. The van der Waals surface area contributed by atoms with Crippen molar-refractivity contribution in [3.63, 3.8) is 0 Å². The van der Waals surface area contributed by atoms with E-state index in [0.29, 0.717) is 23.0 Å². The van der Waals surface area contributed by atoms with Gasteiger partial charge in [-0.2, -0.15) is 0 Å². The van der Waals surface area contributed by atoms with Gasteiger partial charge in [0.25, 0.3) is 5.91 Å². The smallest absolute Gasteiger partial charge is 0.338 e. The summed E-state index contributed by atoms with van der Waals surface area (Å²) in [5.74, 6) is -1.38. The van der Waals surface area contributed by atoms with Crippen LogP contribution in [-0.4, -0.2) is 36.0 Å². The van der Waals surface area contributed by atoms with Crippen LogP contribution in [0.2, 0.25) is 0 Å². The molecule has 1 amide bonds. The Morgan fingerprint density at radius 1 is 1.14 bits per heavy atom. The normalized spacial score (nSPS) is 12.8. The van der Waals surface area contributed by atoms with E-state index in [1.807, 2.05) is 12.1 Å². The highest BCUT2D eigenvalue weighted by molar-refractivity contribution is 7.13. The van der Waals surface area contributed by atoms with Gasteiger partial charge in [0.05, 0.1) is 24.3 Å². The summed E-state index contributed by atoms with van der Waals surface area (Å²) < 4.78 is 9.97. The number of nitrogens with zero attached hydrogens (tertiary/aromatic N) is 1. The molecule has 1 aromatic carbocycles. The Bertz CT molecular complexity index is 877. The number of esters is 2. The van der Waals surface area contributed by atoms with Crippen LogP contribution in [-0.2, 0) is 38.3 Å². The second kappa shape index (κ2) is 9.45. The number of fused-ring (bicyclic) bond motifs is 1. The molecule has 0 spiro atoms. The lowest BCUT2D eigenvalue weighted by atomic mass is 9.90. The molecule has 1 aliphatic carbocycles. The zero-order valence-corrected chi connectivity index (χ0v) is 16.5. The van der Waals surface area contributed by atoms with Crippen LogP contribution in [0, 0.1) is 0 Å². The van der Waals surface area contributed by atoms with Crippen LogP contribution in [0.1, 0.15) is 46.9 Å². The van der Waals surface area contributed by atoms with Gasteiger partial charge < -0.3 is 9.47 Å². The molecule has 1 aromatic heterocycles. The molecule has 1 N–H and O–H groups in total. The van der Waals surface area contributed by atoms with Crippen LogP contribution < -0.4 is 5.32 Å². The standard InChI is InChI=1S/C20H22N2O5S/c1-2-26-18(24)10-16-12-28-20(21-16)22-17(23)11-27-19(25)15-8-7-13-5-3-4-6-14(13)9-15/h7-9,12H,2-6,10-11H2,1H3,(H,21,22,23). The molecule has 1 aliphatic rings. The molecule has 1 heterocycles. The minimum absolute atomic E-state index is 0.0491. The fourth-order valence-corrected chi connectivity index (χ4v) is 3.76. The SMILES string of the molecule is CCOC(=O)Cc1csc(NC(=O)COC(=O)c2ccc3c(c2)CCCC3)n1. The second-order valence-corrected chi connectivity index (χ2v) is 7.30. The number of carbonyl (C=O) groups is 3. The van der Waals surface area contributed by atoms with Crippen molar-refractivity contribution in [2.45, 2.75) is 39.0 Å². The molecule has 0 fully saturated rings. The number of rotatable bonds is 7. The molecular formula is C20H22N2O5S. The number of carbonyl (C=O) groups excluding carboxylic acids is 3. The number of amides is 1. The highest BCUT2D eigenvalue weighted by atomic mass is 32.1. The fraction of sp³-hybridized carbons (Fsp3) is 0.400. The van der Waals surface area contributed by atoms with Gasteiger partial charge in [-0.3, -0.25) is 14.9 Å². The molecule has 0 bridgehead atoms. The van der Waals surface area contributed by atoms with Gasteiger partial charge in [-0.25, -0.2) is 9.78 Å². The van der Waals surface area contributed by atoms with Crippen LogP contribution >= 0.6 is 11.3 Å². The number of hydrogen-bond donors (Lipinski definition) is 1. The highest BCUT2D eigenvalue weighted by Gasteiger charge is 2.16. The lowest BCUT2D eigenvalue weighted by Gasteiger charge is -2.16. The first-order chi connectivity index (χ1) is 13.5. The Kier molecular flexibility index (Phi) is 6.76. The topological polar surface area (TPSA) is 94.6 Å². The monoisotopic (exact) mass is 402 g/mol. The Labute approximate surface area is 167 Å². The molecule has 148 valence electrons. The largest absolute Gasteiger partial charge is 0.466 e. The third-order valence-corrected chi connectivity index (χ3v) is 5.15. The summed E-state index contributed by atoms with van der Waals surface area (Å²) in [7, 11) is 0. The van der Waals surface area contributed by atoms with Gasteiger partial charge >= 0.3 is 11.9 Å².